The molecule has 0 unspecified atom stereocenters. The fraction of sp³-hybridized carbons (Fsp3) is 0.381. The van der Waals surface area contributed by atoms with Crippen LogP contribution in [0.1, 0.15) is 23.6 Å². The van der Waals surface area contributed by atoms with Crippen molar-refractivity contribution in [3.05, 3.63) is 59.2 Å². The van der Waals surface area contributed by atoms with Crippen molar-refractivity contribution < 1.29 is 9.69 Å². The zero-order valence-electron chi connectivity index (χ0n) is 15.4. The highest BCUT2D eigenvalue weighted by Crippen LogP contribution is 2.21. The molecule has 0 atom stereocenters. The van der Waals surface area contributed by atoms with E-state index in [0.29, 0.717) is 0 Å². The van der Waals surface area contributed by atoms with Crippen LogP contribution in [0, 0.1) is 13.8 Å². The topological polar surface area (TPSA) is 36.8 Å². The van der Waals surface area contributed by atoms with Crippen LogP contribution in [-0.4, -0.2) is 32.1 Å². The van der Waals surface area contributed by atoms with Crippen LogP contribution in [0.15, 0.2) is 42.5 Å². The van der Waals surface area contributed by atoms with Gasteiger partial charge in [0.15, 0.2) is 0 Å². The van der Waals surface area contributed by atoms with Crippen molar-refractivity contribution in [2.45, 2.75) is 27.3 Å². The number of benzene rings is 2. The minimum atomic E-state index is -0.0269. The second-order valence-electron chi connectivity index (χ2n) is 7.08. The maximum Gasteiger partial charge on any atom is 0.221 e. The van der Waals surface area contributed by atoms with E-state index in [4.69, 9.17) is 0 Å². The van der Waals surface area contributed by atoms with Gasteiger partial charge < -0.3 is 15.1 Å². The first-order chi connectivity index (χ1) is 12.0. The fourth-order valence-electron chi connectivity index (χ4n) is 3.50. The lowest BCUT2D eigenvalue weighted by molar-refractivity contribution is -0.914. The van der Waals surface area contributed by atoms with Gasteiger partial charge >= 0.3 is 0 Å². The molecule has 0 aromatic heterocycles. The van der Waals surface area contributed by atoms with Crippen molar-refractivity contribution in [1.29, 1.82) is 0 Å². The predicted molar refractivity (Wildman–Crippen MR) is 103 cm³/mol. The lowest BCUT2D eigenvalue weighted by atomic mass is 10.1. The van der Waals surface area contributed by atoms with Crippen molar-refractivity contribution in [2.75, 3.05) is 36.4 Å². The first kappa shape index (κ1) is 17.5. The van der Waals surface area contributed by atoms with Crippen molar-refractivity contribution >= 4 is 17.3 Å². The summed E-state index contributed by atoms with van der Waals surface area (Å²) in [6.45, 7) is 11.4. The van der Waals surface area contributed by atoms with Crippen LogP contribution < -0.4 is 15.1 Å². The molecule has 2 aromatic carbocycles. The molecule has 0 spiro atoms. The van der Waals surface area contributed by atoms with Gasteiger partial charge in [0.2, 0.25) is 5.91 Å². The minimum absolute atomic E-state index is 0.0269. The number of hydrogen-bond donors (Lipinski definition) is 2. The van der Waals surface area contributed by atoms with Crippen molar-refractivity contribution in [2.24, 2.45) is 0 Å². The number of carbonyl (C=O) groups excluding carboxylic acids is 1. The summed E-state index contributed by atoms with van der Waals surface area (Å²) in [5.74, 6) is -0.0269. The zero-order valence-corrected chi connectivity index (χ0v) is 15.4. The van der Waals surface area contributed by atoms with Gasteiger partial charge in [0.05, 0.1) is 26.2 Å². The van der Waals surface area contributed by atoms with Crippen LogP contribution in [0.3, 0.4) is 0 Å². The van der Waals surface area contributed by atoms with E-state index in [2.05, 4.69) is 54.4 Å². The van der Waals surface area contributed by atoms with Crippen molar-refractivity contribution in [3.8, 4) is 0 Å². The zero-order chi connectivity index (χ0) is 17.8. The van der Waals surface area contributed by atoms with E-state index in [-0.39, 0.29) is 5.91 Å². The van der Waals surface area contributed by atoms with Gasteiger partial charge in [0.1, 0.15) is 6.54 Å². The third kappa shape index (κ3) is 4.60. The van der Waals surface area contributed by atoms with Gasteiger partial charge in [-0.1, -0.05) is 24.3 Å². The monoisotopic (exact) mass is 338 g/mol. The van der Waals surface area contributed by atoms with Gasteiger partial charge in [0, 0.05) is 23.9 Å². The lowest BCUT2D eigenvalue weighted by Crippen LogP contribution is -3.13. The average Bonchev–Trinajstić information content (AvgIpc) is 2.59. The Morgan fingerprint density at radius 1 is 1.08 bits per heavy atom. The molecule has 1 amide bonds. The Morgan fingerprint density at radius 2 is 1.76 bits per heavy atom. The SMILES string of the molecule is CC(=O)Nc1ccc(C[NH+]2CCN(c3cc(C)ccc3C)CC2)cc1. The second kappa shape index (κ2) is 7.70. The average molecular weight is 338 g/mol. The summed E-state index contributed by atoms with van der Waals surface area (Å²) < 4.78 is 0. The molecule has 2 N–H and O–H groups in total. The summed E-state index contributed by atoms with van der Waals surface area (Å²) in [4.78, 5) is 15.2. The van der Waals surface area contributed by atoms with Crippen LogP contribution >= 0.6 is 0 Å². The summed E-state index contributed by atoms with van der Waals surface area (Å²) >= 11 is 0. The number of nitrogens with one attached hydrogen (secondary N) is 2. The molecule has 4 heteroatoms. The maximum atomic E-state index is 11.1. The quantitative estimate of drug-likeness (QED) is 0.896. The normalized spacial score (nSPS) is 15.2. The summed E-state index contributed by atoms with van der Waals surface area (Å²) in [6, 6.07) is 14.9. The number of quaternary nitrogens is 1. The van der Waals surface area contributed by atoms with Gasteiger partial charge in [-0.05, 0) is 43.2 Å². The molecule has 1 fully saturated rings. The van der Waals surface area contributed by atoms with E-state index >= 15 is 0 Å². The number of rotatable bonds is 4. The summed E-state index contributed by atoms with van der Waals surface area (Å²) in [7, 11) is 0. The molecule has 0 radical (unpaired) electrons. The van der Waals surface area contributed by atoms with Crippen molar-refractivity contribution in [1.82, 2.24) is 0 Å². The Labute approximate surface area is 150 Å². The second-order valence-corrected chi connectivity index (χ2v) is 7.08. The Bertz CT molecular complexity index is 731. The van der Waals surface area contributed by atoms with Crippen molar-refractivity contribution in [3.63, 3.8) is 0 Å². The Kier molecular flexibility index (Phi) is 5.39. The molecule has 3 rings (SSSR count). The maximum absolute atomic E-state index is 11.1. The van der Waals surface area contributed by atoms with E-state index in [1.54, 1.807) is 4.90 Å². The molecule has 1 aliphatic heterocycles. The van der Waals surface area contributed by atoms with Crippen LogP contribution in [0.25, 0.3) is 0 Å². The van der Waals surface area contributed by atoms with Crippen LogP contribution in [0.2, 0.25) is 0 Å². The van der Waals surface area contributed by atoms with E-state index in [0.717, 1.165) is 38.4 Å². The molecule has 0 saturated carbocycles. The van der Waals surface area contributed by atoms with E-state index in [1.165, 1.54) is 29.3 Å². The van der Waals surface area contributed by atoms with Crippen LogP contribution in [0.5, 0.6) is 0 Å². The fourth-order valence-corrected chi connectivity index (χ4v) is 3.50. The van der Waals surface area contributed by atoms with Gasteiger partial charge in [-0.25, -0.2) is 0 Å². The molecule has 132 valence electrons. The minimum Gasteiger partial charge on any atom is -0.360 e. The highest BCUT2D eigenvalue weighted by atomic mass is 16.1. The summed E-state index contributed by atoms with van der Waals surface area (Å²) in [5, 5.41) is 2.82. The number of piperazine rings is 1. The molecule has 1 heterocycles. The number of hydrogen-bond acceptors (Lipinski definition) is 2. The highest BCUT2D eigenvalue weighted by Gasteiger charge is 2.21. The molecule has 25 heavy (non-hydrogen) atoms. The number of nitrogens with zero attached hydrogens (tertiary/aromatic N) is 1. The van der Waals surface area contributed by atoms with E-state index in [9.17, 15) is 4.79 Å². The van der Waals surface area contributed by atoms with Gasteiger partial charge in [-0.3, -0.25) is 4.79 Å². The number of anilines is 2. The van der Waals surface area contributed by atoms with E-state index < -0.39 is 0 Å². The smallest absolute Gasteiger partial charge is 0.221 e. The van der Waals surface area contributed by atoms with Gasteiger partial charge in [-0.2, -0.15) is 0 Å². The van der Waals surface area contributed by atoms with Gasteiger partial charge in [-0.15, -0.1) is 0 Å². The number of amides is 1. The van der Waals surface area contributed by atoms with E-state index in [1.807, 2.05) is 12.1 Å². The standard InChI is InChI=1S/C21H27N3O/c1-16-4-5-17(2)21(14-16)24-12-10-23(11-13-24)15-19-6-8-20(9-7-19)22-18(3)25/h4-9,14H,10-13,15H2,1-3H3,(H,22,25)/p+1. The predicted octanol–water partition coefficient (Wildman–Crippen LogP) is 2.17. The first-order valence-corrected chi connectivity index (χ1v) is 9.03. The molecule has 1 saturated heterocycles. The largest absolute Gasteiger partial charge is 0.360 e. The summed E-state index contributed by atoms with van der Waals surface area (Å²) in [5.41, 5.74) is 6.27. The number of carbonyl (C=O) groups is 1. The van der Waals surface area contributed by atoms with Crippen LogP contribution in [-0.2, 0) is 11.3 Å². The third-order valence-electron chi connectivity index (χ3n) is 4.90. The lowest BCUT2D eigenvalue weighted by Gasteiger charge is -2.34. The van der Waals surface area contributed by atoms with Gasteiger partial charge in [0.25, 0.3) is 0 Å². The molecule has 0 bridgehead atoms. The Balaban J connectivity index is 1.55. The van der Waals surface area contributed by atoms with Crippen LogP contribution in [0.4, 0.5) is 11.4 Å². The molecular weight excluding hydrogens is 310 g/mol. The molecule has 1 aliphatic rings. The molecule has 2 aromatic rings. The first-order valence-electron chi connectivity index (χ1n) is 9.03. The molecule has 4 nitrogen and oxygen atoms in total. The highest BCUT2D eigenvalue weighted by molar-refractivity contribution is 5.88. The Morgan fingerprint density at radius 3 is 2.40 bits per heavy atom. The molecule has 0 aliphatic carbocycles. The molecular formula is C21H28N3O+. The summed E-state index contributed by atoms with van der Waals surface area (Å²) in [6.07, 6.45) is 0. The number of aryl methyl sites for hydroxylation is 2. The Hall–Kier alpha value is -2.33. The third-order valence-corrected chi connectivity index (χ3v) is 4.90.